The third kappa shape index (κ3) is 2.79. The van der Waals surface area contributed by atoms with E-state index in [4.69, 9.17) is 4.74 Å². The van der Waals surface area contributed by atoms with Crippen LogP contribution in [0.15, 0.2) is 42.7 Å². The number of pyridine rings is 1. The normalized spacial score (nSPS) is 10.1. The zero-order valence-electron chi connectivity index (χ0n) is 8.98. The maximum Gasteiger partial charge on any atom is 0.127 e. The van der Waals surface area contributed by atoms with Gasteiger partial charge in [0.2, 0.25) is 0 Å². The lowest BCUT2D eigenvalue weighted by molar-refractivity contribution is 0.304. The molecule has 1 aromatic carbocycles. The van der Waals surface area contributed by atoms with Crippen molar-refractivity contribution in [1.82, 2.24) is 4.98 Å². The maximum absolute atomic E-state index is 13.1. The highest BCUT2D eigenvalue weighted by molar-refractivity contribution is 5.29. The van der Waals surface area contributed by atoms with Crippen LogP contribution in [0, 0.1) is 12.7 Å². The molecule has 3 heteroatoms. The molecule has 0 fully saturated rings. The molecule has 0 radical (unpaired) electrons. The molecule has 0 amide bonds. The van der Waals surface area contributed by atoms with Gasteiger partial charge in [-0.1, -0.05) is 0 Å². The minimum atomic E-state index is -0.273. The largest absolute Gasteiger partial charge is 0.489 e. The van der Waals surface area contributed by atoms with E-state index in [0.717, 1.165) is 11.1 Å². The summed E-state index contributed by atoms with van der Waals surface area (Å²) in [6.45, 7) is 2.26. The SMILES string of the molecule is Cc1cc(F)cc(OCc2ccncc2)c1. The van der Waals surface area contributed by atoms with Gasteiger partial charge in [-0.15, -0.1) is 0 Å². The first kappa shape index (κ1) is 10.6. The quantitative estimate of drug-likeness (QED) is 0.788. The van der Waals surface area contributed by atoms with Crippen molar-refractivity contribution in [3.05, 3.63) is 59.7 Å². The van der Waals surface area contributed by atoms with E-state index in [9.17, 15) is 4.39 Å². The Hall–Kier alpha value is -1.90. The van der Waals surface area contributed by atoms with E-state index in [2.05, 4.69) is 4.98 Å². The van der Waals surface area contributed by atoms with Crippen LogP contribution in [0.5, 0.6) is 5.75 Å². The van der Waals surface area contributed by atoms with Crippen molar-refractivity contribution in [1.29, 1.82) is 0 Å². The molecule has 0 spiro atoms. The summed E-state index contributed by atoms with van der Waals surface area (Å²) in [7, 11) is 0. The van der Waals surface area contributed by atoms with Gasteiger partial charge in [0.05, 0.1) is 0 Å². The van der Waals surface area contributed by atoms with E-state index >= 15 is 0 Å². The zero-order valence-corrected chi connectivity index (χ0v) is 8.98. The summed E-state index contributed by atoms with van der Waals surface area (Å²) in [6, 6.07) is 8.40. The second kappa shape index (κ2) is 4.75. The van der Waals surface area contributed by atoms with E-state index in [1.54, 1.807) is 12.4 Å². The van der Waals surface area contributed by atoms with Gasteiger partial charge in [-0.3, -0.25) is 4.98 Å². The molecular formula is C13H12FNO. The Morgan fingerprint density at radius 1 is 1.19 bits per heavy atom. The lowest BCUT2D eigenvalue weighted by atomic mass is 10.2. The number of hydrogen-bond donors (Lipinski definition) is 0. The van der Waals surface area contributed by atoms with E-state index in [-0.39, 0.29) is 5.82 Å². The van der Waals surface area contributed by atoms with Crippen molar-refractivity contribution in [2.75, 3.05) is 0 Å². The molecule has 2 aromatic rings. The first-order chi connectivity index (χ1) is 7.74. The van der Waals surface area contributed by atoms with Crippen molar-refractivity contribution in [2.24, 2.45) is 0 Å². The van der Waals surface area contributed by atoms with Gasteiger partial charge in [-0.25, -0.2) is 4.39 Å². The molecule has 2 nitrogen and oxygen atoms in total. The summed E-state index contributed by atoms with van der Waals surface area (Å²) in [5, 5.41) is 0. The van der Waals surface area contributed by atoms with Gasteiger partial charge in [0.15, 0.2) is 0 Å². The summed E-state index contributed by atoms with van der Waals surface area (Å²) < 4.78 is 18.5. The minimum absolute atomic E-state index is 0.273. The molecule has 0 N–H and O–H groups in total. The molecule has 1 heterocycles. The van der Waals surface area contributed by atoms with Crippen LogP contribution in [0.4, 0.5) is 4.39 Å². The van der Waals surface area contributed by atoms with Crippen LogP contribution in [0.1, 0.15) is 11.1 Å². The first-order valence-electron chi connectivity index (χ1n) is 5.03. The number of hydrogen-bond acceptors (Lipinski definition) is 2. The molecule has 82 valence electrons. The van der Waals surface area contributed by atoms with E-state index in [0.29, 0.717) is 12.4 Å². The van der Waals surface area contributed by atoms with Crippen LogP contribution in [0.3, 0.4) is 0 Å². The zero-order chi connectivity index (χ0) is 11.4. The molecule has 0 saturated carbocycles. The van der Waals surface area contributed by atoms with E-state index in [1.165, 1.54) is 12.1 Å². The predicted octanol–water partition coefficient (Wildman–Crippen LogP) is 3.11. The molecule has 0 aliphatic heterocycles. The van der Waals surface area contributed by atoms with Gasteiger partial charge in [0.1, 0.15) is 18.2 Å². The second-order valence-electron chi connectivity index (χ2n) is 3.61. The van der Waals surface area contributed by atoms with Gasteiger partial charge in [-0.2, -0.15) is 0 Å². The topological polar surface area (TPSA) is 22.1 Å². The fraction of sp³-hybridized carbons (Fsp3) is 0.154. The number of benzene rings is 1. The highest BCUT2D eigenvalue weighted by Crippen LogP contribution is 2.16. The Labute approximate surface area is 93.7 Å². The molecule has 16 heavy (non-hydrogen) atoms. The summed E-state index contributed by atoms with van der Waals surface area (Å²) in [6.07, 6.45) is 3.41. The van der Waals surface area contributed by atoms with Crippen LogP contribution < -0.4 is 4.74 Å². The van der Waals surface area contributed by atoms with Gasteiger partial charge >= 0.3 is 0 Å². The summed E-state index contributed by atoms with van der Waals surface area (Å²) in [5.41, 5.74) is 1.86. The average Bonchev–Trinajstić information content (AvgIpc) is 2.27. The molecule has 0 bridgehead atoms. The first-order valence-corrected chi connectivity index (χ1v) is 5.03. The molecule has 0 atom stereocenters. The van der Waals surface area contributed by atoms with Crippen LogP contribution in [-0.4, -0.2) is 4.98 Å². The molecule has 2 rings (SSSR count). The smallest absolute Gasteiger partial charge is 0.127 e. The van der Waals surface area contributed by atoms with Crippen molar-refractivity contribution in [3.8, 4) is 5.75 Å². The number of aromatic nitrogens is 1. The van der Waals surface area contributed by atoms with Crippen molar-refractivity contribution in [2.45, 2.75) is 13.5 Å². The lowest BCUT2D eigenvalue weighted by Gasteiger charge is -2.07. The predicted molar refractivity (Wildman–Crippen MR) is 59.7 cm³/mol. The third-order valence-corrected chi connectivity index (χ3v) is 2.17. The van der Waals surface area contributed by atoms with Crippen molar-refractivity contribution >= 4 is 0 Å². The van der Waals surface area contributed by atoms with Crippen LogP contribution in [0.25, 0.3) is 0 Å². The summed E-state index contributed by atoms with van der Waals surface area (Å²) >= 11 is 0. The summed E-state index contributed by atoms with van der Waals surface area (Å²) in [4.78, 5) is 3.91. The fourth-order valence-electron chi connectivity index (χ4n) is 1.43. The van der Waals surface area contributed by atoms with E-state index < -0.39 is 0 Å². The third-order valence-electron chi connectivity index (χ3n) is 2.17. The monoisotopic (exact) mass is 217 g/mol. The van der Waals surface area contributed by atoms with Gasteiger partial charge in [0.25, 0.3) is 0 Å². The Balaban J connectivity index is 2.05. The van der Waals surface area contributed by atoms with Gasteiger partial charge in [0, 0.05) is 18.5 Å². The number of nitrogens with zero attached hydrogens (tertiary/aromatic N) is 1. The Bertz CT molecular complexity index is 450. The Morgan fingerprint density at radius 3 is 2.62 bits per heavy atom. The Morgan fingerprint density at radius 2 is 1.94 bits per heavy atom. The molecule has 0 aliphatic rings. The molecule has 0 saturated heterocycles. The Kier molecular flexibility index (Phi) is 3.15. The highest BCUT2D eigenvalue weighted by atomic mass is 19.1. The molecular weight excluding hydrogens is 205 g/mol. The molecule has 0 unspecified atom stereocenters. The van der Waals surface area contributed by atoms with Crippen LogP contribution in [-0.2, 0) is 6.61 Å². The standard InChI is InChI=1S/C13H12FNO/c1-10-6-12(14)8-13(7-10)16-9-11-2-4-15-5-3-11/h2-8H,9H2,1H3. The molecule has 1 aromatic heterocycles. The van der Waals surface area contributed by atoms with Gasteiger partial charge in [-0.05, 0) is 42.3 Å². The number of ether oxygens (including phenoxy) is 1. The van der Waals surface area contributed by atoms with Crippen molar-refractivity contribution < 1.29 is 9.13 Å². The van der Waals surface area contributed by atoms with Crippen molar-refractivity contribution in [3.63, 3.8) is 0 Å². The molecule has 0 aliphatic carbocycles. The van der Waals surface area contributed by atoms with Crippen LogP contribution >= 0.6 is 0 Å². The number of halogens is 1. The second-order valence-corrected chi connectivity index (χ2v) is 3.61. The van der Waals surface area contributed by atoms with E-state index in [1.807, 2.05) is 25.1 Å². The number of aryl methyl sites for hydroxylation is 1. The number of rotatable bonds is 3. The van der Waals surface area contributed by atoms with Crippen LogP contribution in [0.2, 0.25) is 0 Å². The lowest BCUT2D eigenvalue weighted by Crippen LogP contribution is -1.96. The van der Waals surface area contributed by atoms with Gasteiger partial charge < -0.3 is 4.74 Å². The maximum atomic E-state index is 13.1. The summed E-state index contributed by atoms with van der Waals surface area (Å²) in [5.74, 6) is 0.277. The fourth-order valence-corrected chi connectivity index (χ4v) is 1.43. The highest BCUT2D eigenvalue weighted by Gasteiger charge is 1.99. The average molecular weight is 217 g/mol. The minimum Gasteiger partial charge on any atom is -0.489 e.